The predicted octanol–water partition coefficient (Wildman–Crippen LogP) is 1.27. The Balaban J connectivity index is 2.05. The third-order valence-electron chi connectivity index (χ3n) is 2.91. The fourth-order valence-corrected chi connectivity index (χ4v) is 3.44. The molecule has 0 fully saturated rings. The average Bonchev–Trinajstić information content (AvgIpc) is 2.78. The second-order valence-electron chi connectivity index (χ2n) is 4.31. The zero-order chi connectivity index (χ0) is 13.3. The lowest BCUT2D eigenvalue weighted by molar-refractivity contribution is 0.557. The van der Waals surface area contributed by atoms with E-state index >= 15 is 0 Å². The summed E-state index contributed by atoms with van der Waals surface area (Å²) in [5.74, 6) is 0.115. The first kappa shape index (κ1) is 13.6. The maximum Gasteiger partial charge on any atom is 0.173 e. The van der Waals surface area contributed by atoms with E-state index in [1.54, 1.807) is 6.08 Å². The molecule has 100 valence electrons. The van der Waals surface area contributed by atoms with Crippen LogP contribution < -0.4 is 5.32 Å². The molecule has 1 aromatic heterocycles. The molecular weight excluding hydrogens is 274 g/mol. The van der Waals surface area contributed by atoms with Crippen LogP contribution in [0, 0.1) is 6.92 Å². The van der Waals surface area contributed by atoms with Crippen molar-refractivity contribution in [2.75, 3.05) is 5.75 Å². The summed E-state index contributed by atoms with van der Waals surface area (Å²) in [7, 11) is -3.02. The molecule has 1 aliphatic heterocycles. The van der Waals surface area contributed by atoms with Gasteiger partial charge in [-0.1, -0.05) is 17.7 Å². The maximum absolute atomic E-state index is 11.3. The number of halogens is 1. The molecule has 0 aromatic carbocycles. The number of aromatic nitrogens is 2. The Kier molecular flexibility index (Phi) is 3.79. The van der Waals surface area contributed by atoms with Crippen LogP contribution in [-0.2, 0) is 22.9 Å². The number of sulfone groups is 1. The lowest BCUT2D eigenvalue weighted by Crippen LogP contribution is -2.30. The van der Waals surface area contributed by atoms with E-state index in [0.29, 0.717) is 11.6 Å². The summed E-state index contributed by atoms with van der Waals surface area (Å²) >= 11 is 6.17. The lowest BCUT2D eigenvalue weighted by atomic mass is 10.3. The minimum atomic E-state index is -3.02. The van der Waals surface area contributed by atoms with Crippen molar-refractivity contribution >= 4 is 21.4 Å². The molecule has 1 aliphatic rings. The fourth-order valence-electron chi connectivity index (χ4n) is 1.97. The molecule has 0 aliphatic carbocycles. The molecule has 1 N–H and O–H groups in total. The normalized spacial score (nSPS) is 21.6. The highest BCUT2D eigenvalue weighted by Crippen LogP contribution is 2.20. The zero-order valence-corrected chi connectivity index (χ0v) is 11.9. The van der Waals surface area contributed by atoms with Crippen LogP contribution in [0.2, 0.25) is 5.02 Å². The molecule has 2 heterocycles. The number of nitrogens with one attached hydrogen (secondary N) is 1. The first-order chi connectivity index (χ1) is 8.43. The van der Waals surface area contributed by atoms with E-state index in [1.807, 2.05) is 18.5 Å². The largest absolute Gasteiger partial charge is 0.304 e. The second-order valence-corrected chi connectivity index (χ2v) is 6.62. The van der Waals surface area contributed by atoms with Crippen LogP contribution >= 0.6 is 11.6 Å². The summed E-state index contributed by atoms with van der Waals surface area (Å²) in [4.78, 5) is 0. The van der Waals surface area contributed by atoms with Crippen LogP contribution in [0.4, 0.5) is 0 Å². The summed E-state index contributed by atoms with van der Waals surface area (Å²) in [5.41, 5.74) is 1.69. The highest BCUT2D eigenvalue weighted by molar-refractivity contribution is 7.94. The van der Waals surface area contributed by atoms with E-state index in [1.165, 1.54) is 5.41 Å². The Morgan fingerprint density at radius 1 is 1.61 bits per heavy atom. The van der Waals surface area contributed by atoms with Crippen LogP contribution in [0.25, 0.3) is 0 Å². The molecule has 2 rings (SSSR count). The third-order valence-corrected chi connectivity index (χ3v) is 4.80. The molecule has 1 aromatic rings. The van der Waals surface area contributed by atoms with Crippen molar-refractivity contribution in [2.24, 2.45) is 0 Å². The van der Waals surface area contributed by atoms with Crippen LogP contribution in [0.5, 0.6) is 0 Å². The zero-order valence-electron chi connectivity index (χ0n) is 10.4. The number of rotatable bonds is 4. The average molecular weight is 290 g/mol. The Bertz CT molecular complexity index is 577. The Labute approximate surface area is 112 Å². The smallest absolute Gasteiger partial charge is 0.173 e. The minimum absolute atomic E-state index is 0.115. The predicted molar refractivity (Wildman–Crippen MR) is 71.2 cm³/mol. The minimum Gasteiger partial charge on any atom is -0.304 e. The number of hydrogen-bond donors (Lipinski definition) is 1. The van der Waals surface area contributed by atoms with E-state index < -0.39 is 9.84 Å². The molecule has 0 saturated heterocycles. The van der Waals surface area contributed by atoms with Gasteiger partial charge in [0.05, 0.1) is 22.2 Å². The van der Waals surface area contributed by atoms with E-state index in [9.17, 15) is 8.42 Å². The molecule has 1 unspecified atom stereocenters. The van der Waals surface area contributed by atoms with Gasteiger partial charge in [-0.3, -0.25) is 4.68 Å². The van der Waals surface area contributed by atoms with Gasteiger partial charge in [0.2, 0.25) is 0 Å². The summed E-state index contributed by atoms with van der Waals surface area (Å²) in [6.07, 6.45) is 1.67. The van der Waals surface area contributed by atoms with Crippen LogP contribution in [0.15, 0.2) is 11.5 Å². The molecule has 0 amide bonds. The number of aryl methyl sites for hydroxylation is 2. The van der Waals surface area contributed by atoms with E-state index in [2.05, 4.69) is 10.4 Å². The Morgan fingerprint density at radius 3 is 2.89 bits per heavy atom. The van der Waals surface area contributed by atoms with Crippen molar-refractivity contribution in [3.05, 3.63) is 27.9 Å². The van der Waals surface area contributed by atoms with Crippen LogP contribution in [0.3, 0.4) is 0 Å². The van der Waals surface area contributed by atoms with E-state index in [4.69, 9.17) is 11.6 Å². The van der Waals surface area contributed by atoms with Crippen LogP contribution in [-0.4, -0.2) is 30.0 Å². The molecule has 0 spiro atoms. The quantitative estimate of drug-likeness (QED) is 0.906. The van der Waals surface area contributed by atoms with Crippen molar-refractivity contribution in [1.29, 1.82) is 0 Å². The molecular formula is C11H16ClN3O2S. The van der Waals surface area contributed by atoms with Gasteiger partial charge in [-0.25, -0.2) is 8.42 Å². The van der Waals surface area contributed by atoms with Crippen molar-refractivity contribution < 1.29 is 8.42 Å². The first-order valence-electron chi connectivity index (χ1n) is 5.79. The first-order valence-corrected chi connectivity index (χ1v) is 7.88. The third kappa shape index (κ3) is 2.76. The molecule has 0 radical (unpaired) electrons. The van der Waals surface area contributed by atoms with Crippen molar-refractivity contribution in [3.63, 3.8) is 0 Å². The Hall–Kier alpha value is -0.850. The summed E-state index contributed by atoms with van der Waals surface area (Å²) in [5, 5.41) is 9.39. The SMILES string of the molecule is CCn1nc(C)c(Cl)c1CNC1C=CS(=O)(=O)C1. The van der Waals surface area contributed by atoms with Crippen molar-refractivity contribution in [1.82, 2.24) is 15.1 Å². The van der Waals surface area contributed by atoms with Gasteiger partial charge in [0.25, 0.3) is 0 Å². The summed E-state index contributed by atoms with van der Waals surface area (Å²) in [6.45, 7) is 5.10. The van der Waals surface area contributed by atoms with Gasteiger partial charge in [-0.05, 0) is 13.8 Å². The van der Waals surface area contributed by atoms with Crippen LogP contribution in [0.1, 0.15) is 18.3 Å². The summed E-state index contributed by atoms with van der Waals surface area (Å²) < 4.78 is 24.4. The Morgan fingerprint density at radius 2 is 2.33 bits per heavy atom. The van der Waals surface area contributed by atoms with E-state index in [0.717, 1.165) is 17.9 Å². The molecule has 7 heteroatoms. The molecule has 18 heavy (non-hydrogen) atoms. The summed E-state index contributed by atoms with van der Waals surface area (Å²) in [6, 6.07) is -0.147. The fraction of sp³-hybridized carbons (Fsp3) is 0.545. The van der Waals surface area contributed by atoms with Gasteiger partial charge in [0.15, 0.2) is 9.84 Å². The molecule has 0 saturated carbocycles. The molecule has 0 bridgehead atoms. The van der Waals surface area contributed by atoms with Gasteiger partial charge in [-0.2, -0.15) is 5.10 Å². The highest BCUT2D eigenvalue weighted by Gasteiger charge is 2.22. The topological polar surface area (TPSA) is 64.0 Å². The molecule has 1 atom stereocenters. The second kappa shape index (κ2) is 5.03. The lowest BCUT2D eigenvalue weighted by Gasteiger charge is -2.11. The molecule has 5 nitrogen and oxygen atoms in total. The van der Waals surface area contributed by atoms with Crippen molar-refractivity contribution in [3.8, 4) is 0 Å². The maximum atomic E-state index is 11.3. The van der Waals surface area contributed by atoms with Gasteiger partial charge in [0, 0.05) is 24.5 Å². The standard InChI is InChI=1S/C11H16ClN3O2S/c1-3-15-10(11(12)8(2)14-15)6-13-9-4-5-18(16,17)7-9/h4-5,9,13H,3,6-7H2,1-2H3. The van der Waals surface area contributed by atoms with Crippen molar-refractivity contribution in [2.45, 2.75) is 33.0 Å². The van der Waals surface area contributed by atoms with Gasteiger partial charge >= 0.3 is 0 Å². The number of hydrogen-bond acceptors (Lipinski definition) is 4. The van der Waals surface area contributed by atoms with Gasteiger partial charge in [-0.15, -0.1) is 0 Å². The monoisotopic (exact) mass is 289 g/mol. The van der Waals surface area contributed by atoms with Gasteiger partial charge < -0.3 is 5.32 Å². The van der Waals surface area contributed by atoms with Gasteiger partial charge in [0.1, 0.15) is 0 Å². The van der Waals surface area contributed by atoms with E-state index in [-0.39, 0.29) is 11.8 Å². The number of nitrogens with zero attached hydrogens (tertiary/aromatic N) is 2. The highest BCUT2D eigenvalue weighted by atomic mass is 35.5.